The molecule has 0 saturated carbocycles. The van der Waals surface area contributed by atoms with E-state index in [1.165, 1.54) is 6.08 Å². The smallest absolute Gasteiger partial charge is 0.248 e. The second kappa shape index (κ2) is 9.51. The zero-order chi connectivity index (χ0) is 18.1. The number of nitrogens with one attached hydrogen (secondary N) is 1. The summed E-state index contributed by atoms with van der Waals surface area (Å²) in [5.74, 6) is 0.420. The summed E-state index contributed by atoms with van der Waals surface area (Å²) < 4.78 is 5.55. The maximum atomic E-state index is 12.0. The molecule has 0 fully saturated rings. The number of carbonyl (C=O) groups is 1. The third-order valence-corrected chi connectivity index (χ3v) is 3.83. The molecule has 0 atom stereocenters. The maximum Gasteiger partial charge on any atom is 0.248 e. The Morgan fingerprint density at radius 1 is 1.32 bits per heavy atom. The quantitative estimate of drug-likeness (QED) is 0.563. The van der Waals surface area contributed by atoms with Crippen molar-refractivity contribution in [3.8, 4) is 11.8 Å². The third kappa shape index (κ3) is 6.33. The molecule has 0 aliphatic heterocycles. The standard InChI is InChI=1S/C20H19ClN2O2/c1-15-7-8-16(13-19(15)21)9-10-20(24)23-17-5-4-6-18(14-17)25-12-3-2-11-22/h4-10,13-14H,2-3,12H2,1H3,(H,23,24)/b10-9+. The van der Waals surface area contributed by atoms with Crippen molar-refractivity contribution in [1.82, 2.24) is 0 Å². The molecule has 0 spiro atoms. The van der Waals surface area contributed by atoms with Crippen molar-refractivity contribution in [3.63, 3.8) is 0 Å². The minimum Gasteiger partial charge on any atom is -0.493 e. The number of benzene rings is 2. The molecule has 0 bridgehead atoms. The molecule has 0 radical (unpaired) electrons. The van der Waals surface area contributed by atoms with E-state index >= 15 is 0 Å². The SMILES string of the molecule is Cc1ccc(/C=C/C(=O)Nc2cccc(OCCCC#N)c2)cc1Cl. The number of unbranched alkanes of at least 4 members (excludes halogenated alkanes) is 1. The molecule has 0 unspecified atom stereocenters. The van der Waals surface area contributed by atoms with Crippen molar-refractivity contribution in [2.75, 3.05) is 11.9 Å². The first kappa shape index (κ1) is 18.6. The fraction of sp³-hybridized carbons (Fsp3) is 0.200. The van der Waals surface area contributed by atoms with Gasteiger partial charge in [-0.05, 0) is 48.7 Å². The lowest BCUT2D eigenvalue weighted by Crippen LogP contribution is -2.08. The van der Waals surface area contributed by atoms with Gasteiger partial charge in [-0.1, -0.05) is 29.8 Å². The molecule has 128 valence electrons. The Hall–Kier alpha value is -2.77. The van der Waals surface area contributed by atoms with Crippen LogP contribution < -0.4 is 10.1 Å². The van der Waals surface area contributed by atoms with E-state index in [2.05, 4.69) is 11.4 Å². The van der Waals surface area contributed by atoms with E-state index < -0.39 is 0 Å². The summed E-state index contributed by atoms with van der Waals surface area (Å²) in [7, 11) is 0. The summed E-state index contributed by atoms with van der Waals surface area (Å²) in [4.78, 5) is 12.0. The zero-order valence-electron chi connectivity index (χ0n) is 14.0. The van der Waals surface area contributed by atoms with Crippen LogP contribution in [0, 0.1) is 18.3 Å². The Labute approximate surface area is 152 Å². The van der Waals surface area contributed by atoms with Crippen LogP contribution in [-0.2, 0) is 4.79 Å². The highest BCUT2D eigenvalue weighted by atomic mass is 35.5. The van der Waals surface area contributed by atoms with Crippen LogP contribution in [0.4, 0.5) is 5.69 Å². The van der Waals surface area contributed by atoms with Gasteiger partial charge in [0.2, 0.25) is 5.91 Å². The fourth-order valence-corrected chi connectivity index (χ4v) is 2.26. The number of anilines is 1. The monoisotopic (exact) mass is 354 g/mol. The van der Waals surface area contributed by atoms with Gasteiger partial charge in [-0.15, -0.1) is 0 Å². The Kier molecular flexibility index (Phi) is 7.06. The molecule has 5 heteroatoms. The normalized spacial score (nSPS) is 10.4. The van der Waals surface area contributed by atoms with Gasteiger partial charge in [0.15, 0.2) is 0 Å². The van der Waals surface area contributed by atoms with Crippen LogP contribution in [0.3, 0.4) is 0 Å². The molecule has 0 saturated heterocycles. The molecule has 0 heterocycles. The first-order chi connectivity index (χ1) is 12.1. The van der Waals surface area contributed by atoms with Crippen LogP contribution in [0.25, 0.3) is 6.08 Å². The molecule has 4 nitrogen and oxygen atoms in total. The molecule has 2 rings (SSSR count). The molecule has 0 aromatic heterocycles. The number of halogens is 1. The van der Waals surface area contributed by atoms with Crippen molar-refractivity contribution >= 4 is 29.3 Å². The minimum atomic E-state index is -0.238. The number of rotatable bonds is 7. The largest absolute Gasteiger partial charge is 0.493 e. The van der Waals surface area contributed by atoms with E-state index in [1.807, 2.05) is 31.2 Å². The molecule has 1 N–H and O–H groups in total. The van der Waals surface area contributed by atoms with E-state index in [0.717, 1.165) is 11.1 Å². The van der Waals surface area contributed by atoms with Gasteiger partial charge in [0, 0.05) is 29.3 Å². The average molecular weight is 355 g/mol. The molecule has 0 aliphatic carbocycles. The summed E-state index contributed by atoms with van der Waals surface area (Å²) in [6, 6.07) is 14.9. The van der Waals surface area contributed by atoms with Crippen molar-refractivity contribution < 1.29 is 9.53 Å². The number of nitriles is 1. The maximum absolute atomic E-state index is 12.0. The number of nitrogens with zero attached hydrogens (tertiary/aromatic N) is 1. The summed E-state index contributed by atoms with van der Waals surface area (Å²) in [6.45, 7) is 2.40. The van der Waals surface area contributed by atoms with Crippen LogP contribution in [0.1, 0.15) is 24.0 Å². The van der Waals surface area contributed by atoms with Crippen LogP contribution >= 0.6 is 11.6 Å². The van der Waals surface area contributed by atoms with Gasteiger partial charge in [-0.2, -0.15) is 5.26 Å². The number of hydrogen-bond acceptors (Lipinski definition) is 3. The molecular formula is C20H19ClN2O2. The molecule has 2 aromatic carbocycles. The molecule has 25 heavy (non-hydrogen) atoms. The molecule has 1 amide bonds. The van der Waals surface area contributed by atoms with Gasteiger partial charge < -0.3 is 10.1 Å². The lowest BCUT2D eigenvalue weighted by Gasteiger charge is -2.07. The van der Waals surface area contributed by atoms with Gasteiger partial charge >= 0.3 is 0 Å². The highest BCUT2D eigenvalue weighted by Crippen LogP contribution is 2.19. The first-order valence-corrected chi connectivity index (χ1v) is 8.31. The summed E-state index contributed by atoms with van der Waals surface area (Å²) >= 11 is 6.07. The second-order valence-electron chi connectivity index (χ2n) is 5.47. The van der Waals surface area contributed by atoms with E-state index in [4.69, 9.17) is 21.6 Å². The second-order valence-corrected chi connectivity index (χ2v) is 5.88. The highest BCUT2D eigenvalue weighted by molar-refractivity contribution is 6.31. The number of amides is 1. The first-order valence-electron chi connectivity index (χ1n) is 7.93. The highest BCUT2D eigenvalue weighted by Gasteiger charge is 2.01. The number of carbonyl (C=O) groups excluding carboxylic acids is 1. The van der Waals surface area contributed by atoms with Crippen LogP contribution in [0.5, 0.6) is 5.75 Å². The van der Waals surface area contributed by atoms with Crippen molar-refractivity contribution in [2.45, 2.75) is 19.8 Å². The van der Waals surface area contributed by atoms with Crippen molar-refractivity contribution in [1.29, 1.82) is 5.26 Å². The average Bonchev–Trinajstić information content (AvgIpc) is 2.60. The summed E-state index contributed by atoms with van der Waals surface area (Å²) in [5.41, 5.74) is 2.50. The van der Waals surface area contributed by atoms with Crippen molar-refractivity contribution in [2.24, 2.45) is 0 Å². The lowest BCUT2D eigenvalue weighted by molar-refractivity contribution is -0.111. The van der Waals surface area contributed by atoms with Crippen LogP contribution in [-0.4, -0.2) is 12.5 Å². The van der Waals surface area contributed by atoms with Gasteiger partial charge in [-0.25, -0.2) is 0 Å². The van der Waals surface area contributed by atoms with Gasteiger partial charge in [0.1, 0.15) is 5.75 Å². The lowest BCUT2D eigenvalue weighted by atomic mass is 10.1. The number of ether oxygens (including phenoxy) is 1. The van der Waals surface area contributed by atoms with Gasteiger partial charge in [0.25, 0.3) is 0 Å². The molecular weight excluding hydrogens is 336 g/mol. The van der Waals surface area contributed by atoms with E-state index in [0.29, 0.717) is 35.9 Å². The Morgan fingerprint density at radius 2 is 2.16 bits per heavy atom. The van der Waals surface area contributed by atoms with Crippen LogP contribution in [0.15, 0.2) is 48.5 Å². The fourth-order valence-electron chi connectivity index (χ4n) is 2.07. The summed E-state index contributed by atoms with van der Waals surface area (Å²) in [5, 5.41) is 12.0. The predicted octanol–water partition coefficient (Wildman–Crippen LogP) is 4.98. The number of aryl methyl sites for hydroxylation is 1. The Balaban J connectivity index is 1.92. The van der Waals surface area contributed by atoms with E-state index in [-0.39, 0.29) is 5.91 Å². The van der Waals surface area contributed by atoms with E-state index in [1.54, 1.807) is 24.3 Å². The topological polar surface area (TPSA) is 62.1 Å². The van der Waals surface area contributed by atoms with E-state index in [9.17, 15) is 4.79 Å². The van der Waals surface area contributed by atoms with Crippen molar-refractivity contribution in [3.05, 3.63) is 64.7 Å². The zero-order valence-corrected chi connectivity index (χ0v) is 14.7. The van der Waals surface area contributed by atoms with Gasteiger partial charge in [0.05, 0.1) is 12.7 Å². The summed E-state index contributed by atoms with van der Waals surface area (Å²) in [6.07, 6.45) is 4.31. The third-order valence-electron chi connectivity index (χ3n) is 3.43. The van der Waals surface area contributed by atoms with Crippen LogP contribution in [0.2, 0.25) is 5.02 Å². The molecule has 2 aromatic rings. The van der Waals surface area contributed by atoms with Gasteiger partial charge in [-0.3, -0.25) is 4.79 Å². The molecule has 0 aliphatic rings. The minimum absolute atomic E-state index is 0.238. The Morgan fingerprint density at radius 3 is 2.92 bits per heavy atom. The predicted molar refractivity (Wildman–Crippen MR) is 101 cm³/mol. The number of hydrogen-bond donors (Lipinski definition) is 1. The Bertz CT molecular complexity index is 810.